The van der Waals surface area contributed by atoms with Crippen molar-refractivity contribution in [3.63, 3.8) is 0 Å². The first kappa shape index (κ1) is 6.95. The van der Waals surface area contributed by atoms with E-state index >= 15 is 0 Å². The minimum absolute atomic E-state index is 0.0127. The van der Waals surface area contributed by atoms with Gasteiger partial charge in [0.2, 0.25) is 0 Å². The zero-order chi connectivity index (χ0) is 6.69. The van der Waals surface area contributed by atoms with Crippen molar-refractivity contribution in [2.24, 2.45) is 5.84 Å². The molecule has 1 heterocycles. The maximum Gasteiger partial charge on any atom is 0.0940 e. The van der Waals surface area contributed by atoms with E-state index in [1.807, 2.05) is 0 Å². The topological polar surface area (TPSA) is 67.5 Å². The fraction of sp³-hybridized carbons (Fsp3) is 1.00. The molecule has 1 saturated heterocycles. The second kappa shape index (κ2) is 3.12. The summed E-state index contributed by atoms with van der Waals surface area (Å²) in [7, 11) is 0. The Morgan fingerprint density at radius 2 is 2.44 bits per heavy atom. The molecule has 1 aliphatic rings. The molecule has 0 aliphatic carbocycles. The van der Waals surface area contributed by atoms with Crippen LogP contribution < -0.4 is 11.3 Å². The first-order chi connectivity index (χ1) is 4.34. The quantitative estimate of drug-likeness (QED) is 0.303. The Kier molecular flexibility index (Phi) is 2.41. The monoisotopic (exact) mass is 132 g/mol. The zero-order valence-electron chi connectivity index (χ0n) is 5.21. The van der Waals surface area contributed by atoms with Crippen molar-refractivity contribution in [1.29, 1.82) is 0 Å². The summed E-state index contributed by atoms with van der Waals surface area (Å²) < 4.78 is 4.97. The summed E-state index contributed by atoms with van der Waals surface area (Å²) in [6.45, 7) is 1.08. The number of nitrogens with one attached hydrogen (secondary N) is 1. The van der Waals surface area contributed by atoms with E-state index in [1.54, 1.807) is 0 Å². The van der Waals surface area contributed by atoms with Crippen molar-refractivity contribution in [2.75, 3.05) is 13.2 Å². The number of aliphatic hydroxyl groups is 1. The van der Waals surface area contributed by atoms with Crippen LogP contribution in [0.5, 0.6) is 0 Å². The van der Waals surface area contributed by atoms with Gasteiger partial charge in [0.25, 0.3) is 0 Å². The van der Waals surface area contributed by atoms with Crippen LogP contribution in [0.15, 0.2) is 0 Å². The Labute approximate surface area is 54.0 Å². The van der Waals surface area contributed by atoms with Crippen LogP contribution in [0.3, 0.4) is 0 Å². The summed E-state index contributed by atoms with van der Waals surface area (Å²) in [6.07, 6.45) is 0.348. The maximum absolute atomic E-state index is 9.10. The van der Waals surface area contributed by atoms with Gasteiger partial charge < -0.3 is 9.84 Å². The molecule has 9 heavy (non-hydrogen) atoms. The van der Waals surface area contributed by atoms with Crippen LogP contribution in [0.4, 0.5) is 0 Å². The number of rotatable bonds is 1. The third-order valence-corrected chi connectivity index (χ3v) is 1.54. The number of nitrogens with two attached hydrogens (primary N) is 1. The molecule has 4 N–H and O–H groups in total. The minimum atomic E-state index is -0.441. The second-order valence-corrected chi connectivity index (χ2v) is 2.20. The fourth-order valence-electron chi connectivity index (χ4n) is 0.917. The standard InChI is InChI=1S/C5H12N2O2/c6-7-4-1-2-9-3-5(4)8/h4-5,7-8H,1-3,6H2. The van der Waals surface area contributed by atoms with Crippen LogP contribution >= 0.6 is 0 Å². The van der Waals surface area contributed by atoms with E-state index in [9.17, 15) is 0 Å². The van der Waals surface area contributed by atoms with Crippen LogP contribution in [0.2, 0.25) is 0 Å². The number of hydrogen-bond acceptors (Lipinski definition) is 4. The lowest BCUT2D eigenvalue weighted by Gasteiger charge is -2.26. The normalized spacial score (nSPS) is 36.7. The Hall–Kier alpha value is -0.160. The van der Waals surface area contributed by atoms with Crippen molar-refractivity contribution in [3.8, 4) is 0 Å². The van der Waals surface area contributed by atoms with Gasteiger partial charge in [0.1, 0.15) is 0 Å². The van der Waals surface area contributed by atoms with Gasteiger partial charge in [0, 0.05) is 6.61 Å². The third kappa shape index (κ3) is 1.62. The van der Waals surface area contributed by atoms with Crippen molar-refractivity contribution in [3.05, 3.63) is 0 Å². The van der Waals surface area contributed by atoms with Crippen molar-refractivity contribution < 1.29 is 9.84 Å². The number of aliphatic hydroxyl groups excluding tert-OH is 1. The highest BCUT2D eigenvalue weighted by Crippen LogP contribution is 2.05. The molecule has 2 atom stereocenters. The van der Waals surface area contributed by atoms with Gasteiger partial charge >= 0.3 is 0 Å². The van der Waals surface area contributed by atoms with E-state index < -0.39 is 6.10 Å². The maximum atomic E-state index is 9.10. The Morgan fingerprint density at radius 3 is 2.89 bits per heavy atom. The van der Waals surface area contributed by atoms with Crippen molar-refractivity contribution in [2.45, 2.75) is 18.6 Å². The molecule has 2 unspecified atom stereocenters. The average molecular weight is 132 g/mol. The molecule has 0 aromatic carbocycles. The summed E-state index contributed by atoms with van der Waals surface area (Å²) in [5.41, 5.74) is 2.52. The van der Waals surface area contributed by atoms with E-state index in [4.69, 9.17) is 15.7 Å². The molecule has 1 aliphatic heterocycles. The average Bonchev–Trinajstić information content (AvgIpc) is 1.89. The molecule has 4 nitrogen and oxygen atoms in total. The molecular weight excluding hydrogens is 120 g/mol. The van der Waals surface area contributed by atoms with Crippen molar-refractivity contribution in [1.82, 2.24) is 5.43 Å². The van der Waals surface area contributed by atoms with Crippen LogP contribution in [0, 0.1) is 0 Å². The van der Waals surface area contributed by atoms with Crippen LogP contribution in [-0.2, 0) is 4.74 Å². The molecule has 1 fully saturated rings. The molecule has 0 amide bonds. The zero-order valence-corrected chi connectivity index (χ0v) is 5.21. The molecule has 0 saturated carbocycles. The fourth-order valence-corrected chi connectivity index (χ4v) is 0.917. The molecule has 0 aromatic heterocycles. The highest BCUT2D eigenvalue weighted by atomic mass is 16.5. The number of hydrogen-bond donors (Lipinski definition) is 3. The SMILES string of the molecule is NNC1CCOCC1O. The lowest BCUT2D eigenvalue weighted by molar-refractivity contribution is -0.0276. The van der Waals surface area contributed by atoms with Gasteiger partial charge in [-0.25, -0.2) is 0 Å². The van der Waals surface area contributed by atoms with Gasteiger partial charge in [-0.2, -0.15) is 0 Å². The lowest BCUT2D eigenvalue weighted by atomic mass is 10.1. The van der Waals surface area contributed by atoms with Crippen LogP contribution in [0.25, 0.3) is 0 Å². The summed E-state index contributed by atoms with van der Waals surface area (Å²) in [4.78, 5) is 0. The Bertz CT molecular complexity index is 89.0. The van der Waals surface area contributed by atoms with Crippen molar-refractivity contribution >= 4 is 0 Å². The van der Waals surface area contributed by atoms with Gasteiger partial charge in [-0.05, 0) is 6.42 Å². The first-order valence-corrected chi connectivity index (χ1v) is 3.06. The van der Waals surface area contributed by atoms with Gasteiger partial charge in [-0.15, -0.1) is 0 Å². The molecule has 1 rings (SSSR count). The first-order valence-electron chi connectivity index (χ1n) is 3.06. The number of hydrazine groups is 1. The van der Waals surface area contributed by atoms with Crippen LogP contribution in [0.1, 0.15) is 6.42 Å². The third-order valence-electron chi connectivity index (χ3n) is 1.54. The molecule has 54 valence electrons. The predicted molar refractivity (Wildman–Crippen MR) is 32.6 cm³/mol. The van der Waals surface area contributed by atoms with Gasteiger partial charge in [0.15, 0.2) is 0 Å². The Balaban J connectivity index is 2.30. The molecule has 0 spiro atoms. The Morgan fingerprint density at radius 1 is 1.67 bits per heavy atom. The van der Waals surface area contributed by atoms with E-state index in [0.29, 0.717) is 13.2 Å². The molecular formula is C5H12N2O2. The van der Waals surface area contributed by atoms with Crippen LogP contribution in [-0.4, -0.2) is 30.5 Å². The molecule has 0 bridgehead atoms. The summed E-state index contributed by atoms with van der Waals surface area (Å²) in [5, 5.41) is 9.10. The smallest absolute Gasteiger partial charge is 0.0940 e. The van der Waals surface area contributed by atoms with Gasteiger partial charge in [-0.1, -0.05) is 0 Å². The van der Waals surface area contributed by atoms with E-state index in [1.165, 1.54) is 0 Å². The summed E-state index contributed by atoms with van der Waals surface area (Å²) >= 11 is 0. The molecule has 0 radical (unpaired) electrons. The van der Waals surface area contributed by atoms with E-state index in [-0.39, 0.29) is 6.04 Å². The predicted octanol–water partition coefficient (Wildman–Crippen LogP) is -1.40. The van der Waals surface area contributed by atoms with Gasteiger partial charge in [0.05, 0.1) is 18.8 Å². The minimum Gasteiger partial charge on any atom is -0.389 e. The lowest BCUT2D eigenvalue weighted by Crippen LogP contribution is -2.49. The molecule has 4 heteroatoms. The summed E-state index contributed by atoms with van der Waals surface area (Å²) in [5.74, 6) is 5.13. The second-order valence-electron chi connectivity index (χ2n) is 2.20. The van der Waals surface area contributed by atoms with E-state index in [2.05, 4.69) is 5.43 Å². The number of ether oxygens (including phenoxy) is 1. The largest absolute Gasteiger partial charge is 0.389 e. The van der Waals surface area contributed by atoms with Gasteiger partial charge in [-0.3, -0.25) is 11.3 Å². The summed E-state index contributed by atoms with van der Waals surface area (Å²) in [6, 6.07) is 0.0127. The highest BCUT2D eigenvalue weighted by molar-refractivity contribution is 4.76. The highest BCUT2D eigenvalue weighted by Gasteiger charge is 2.21. The molecule has 0 aromatic rings. The van der Waals surface area contributed by atoms with E-state index in [0.717, 1.165) is 6.42 Å².